The van der Waals surface area contributed by atoms with Crippen LogP contribution >= 0.6 is 0 Å². The SMILES string of the molecule is CCCOC(=O)c1ccc(N=C(N)N2CCOCC2)cc1. The van der Waals surface area contributed by atoms with Gasteiger partial charge >= 0.3 is 5.97 Å². The van der Waals surface area contributed by atoms with E-state index < -0.39 is 0 Å². The van der Waals surface area contributed by atoms with E-state index in [1.165, 1.54) is 0 Å². The number of benzene rings is 1. The van der Waals surface area contributed by atoms with Gasteiger partial charge in [0.2, 0.25) is 0 Å². The van der Waals surface area contributed by atoms with Gasteiger partial charge in [-0.15, -0.1) is 0 Å². The number of nitrogens with zero attached hydrogens (tertiary/aromatic N) is 2. The molecule has 21 heavy (non-hydrogen) atoms. The number of rotatable bonds is 4. The van der Waals surface area contributed by atoms with Crippen molar-refractivity contribution >= 4 is 17.6 Å². The molecule has 0 bridgehead atoms. The molecule has 2 rings (SSSR count). The number of nitrogens with two attached hydrogens (primary N) is 1. The minimum atomic E-state index is -0.312. The summed E-state index contributed by atoms with van der Waals surface area (Å²) in [4.78, 5) is 18.0. The molecule has 0 aromatic heterocycles. The van der Waals surface area contributed by atoms with Crippen molar-refractivity contribution in [2.24, 2.45) is 10.7 Å². The van der Waals surface area contributed by atoms with Gasteiger partial charge in [-0.05, 0) is 30.7 Å². The largest absolute Gasteiger partial charge is 0.462 e. The van der Waals surface area contributed by atoms with E-state index in [0.717, 1.165) is 19.5 Å². The number of ether oxygens (including phenoxy) is 2. The van der Waals surface area contributed by atoms with Crippen LogP contribution < -0.4 is 5.73 Å². The molecular weight excluding hydrogens is 270 g/mol. The van der Waals surface area contributed by atoms with Crippen molar-refractivity contribution < 1.29 is 14.3 Å². The molecule has 1 heterocycles. The minimum Gasteiger partial charge on any atom is -0.462 e. The molecule has 114 valence electrons. The van der Waals surface area contributed by atoms with Crippen LogP contribution in [0.5, 0.6) is 0 Å². The van der Waals surface area contributed by atoms with Crippen LogP contribution in [0, 0.1) is 0 Å². The summed E-state index contributed by atoms with van der Waals surface area (Å²) in [5, 5.41) is 0. The number of hydrogen-bond donors (Lipinski definition) is 1. The number of aliphatic imine (C=N–C) groups is 1. The highest BCUT2D eigenvalue weighted by Gasteiger charge is 2.12. The van der Waals surface area contributed by atoms with Crippen molar-refractivity contribution in [3.63, 3.8) is 0 Å². The first-order chi connectivity index (χ1) is 10.2. The zero-order chi connectivity index (χ0) is 15.1. The average Bonchev–Trinajstić information content (AvgIpc) is 2.54. The van der Waals surface area contributed by atoms with Crippen molar-refractivity contribution in [1.82, 2.24) is 4.90 Å². The van der Waals surface area contributed by atoms with E-state index >= 15 is 0 Å². The normalized spacial score (nSPS) is 15.9. The smallest absolute Gasteiger partial charge is 0.338 e. The molecule has 1 saturated heterocycles. The van der Waals surface area contributed by atoms with Crippen LogP contribution in [0.2, 0.25) is 0 Å². The molecule has 0 aliphatic carbocycles. The minimum absolute atomic E-state index is 0.312. The van der Waals surface area contributed by atoms with E-state index in [9.17, 15) is 4.79 Å². The lowest BCUT2D eigenvalue weighted by Gasteiger charge is -2.27. The van der Waals surface area contributed by atoms with E-state index in [1.807, 2.05) is 11.8 Å². The number of hydrogen-bond acceptors (Lipinski definition) is 4. The van der Waals surface area contributed by atoms with Gasteiger partial charge in [0.05, 0.1) is 31.1 Å². The Morgan fingerprint density at radius 2 is 2.00 bits per heavy atom. The van der Waals surface area contributed by atoms with Crippen LogP contribution in [-0.2, 0) is 9.47 Å². The van der Waals surface area contributed by atoms with Gasteiger partial charge in [0.1, 0.15) is 0 Å². The molecule has 6 heteroatoms. The highest BCUT2D eigenvalue weighted by Crippen LogP contribution is 2.14. The van der Waals surface area contributed by atoms with Gasteiger partial charge in [0.15, 0.2) is 5.96 Å². The second-order valence-electron chi connectivity index (χ2n) is 4.75. The fraction of sp³-hybridized carbons (Fsp3) is 0.467. The van der Waals surface area contributed by atoms with E-state index in [2.05, 4.69) is 4.99 Å². The third kappa shape index (κ3) is 4.46. The second kappa shape index (κ2) is 7.64. The van der Waals surface area contributed by atoms with Crippen molar-refractivity contribution in [2.75, 3.05) is 32.9 Å². The molecule has 0 unspecified atom stereocenters. The first-order valence-electron chi connectivity index (χ1n) is 7.14. The Morgan fingerprint density at radius 3 is 2.62 bits per heavy atom. The molecule has 1 fully saturated rings. The average molecular weight is 291 g/mol. The van der Waals surface area contributed by atoms with E-state index in [4.69, 9.17) is 15.2 Å². The quantitative estimate of drug-likeness (QED) is 0.517. The van der Waals surface area contributed by atoms with Gasteiger partial charge in [-0.25, -0.2) is 9.79 Å². The lowest BCUT2D eigenvalue weighted by atomic mass is 10.2. The topological polar surface area (TPSA) is 77.1 Å². The van der Waals surface area contributed by atoms with Gasteiger partial charge in [0, 0.05) is 13.1 Å². The Kier molecular flexibility index (Phi) is 5.57. The zero-order valence-corrected chi connectivity index (χ0v) is 12.2. The lowest BCUT2D eigenvalue weighted by molar-refractivity contribution is 0.0505. The molecule has 0 spiro atoms. The van der Waals surface area contributed by atoms with Gasteiger partial charge in [-0.3, -0.25) is 0 Å². The molecule has 0 saturated carbocycles. The Morgan fingerprint density at radius 1 is 1.33 bits per heavy atom. The fourth-order valence-corrected chi connectivity index (χ4v) is 1.95. The molecule has 2 N–H and O–H groups in total. The van der Waals surface area contributed by atoms with E-state index in [0.29, 0.717) is 37.0 Å². The van der Waals surface area contributed by atoms with E-state index in [1.54, 1.807) is 24.3 Å². The van der Waals surface area contributed by atoms with Gasteiger partial charge in [-0.2, -0.15) is 0 Å². The fourth-order valence-electron chi connectivity index (χ4n) is 1.95. The number of carbonyl (C=O) groups is 1. The molecule has 0 atom stereocenters. The van der Waals surface area contributed by atoms with Crippen LogP contribution in [-0.4, -0.2) is 49.7 Å². The second-order valence-corrected chi connectivity index (χ2v) is 4.75. The summed E-state index contributed by atoms with van der Waals surface area (Å²) in [6, 6.07) is 6.92. The van der Waals surface area contributed by atoms with Gasteiger partial charge in [0.25, 0.3) is 0 Å². The Labute approximate surface area is 124 Å². The third-order valence-corrected chi connectivity index (χ3v) is 3.12. The van der Waals surface area contributed by atoms with Crippen molar-refractivity contribution in [3.8, 4) is 0 Å². The van der Waals surface area contributed by atoms with Crippen LogP contribution in [0.15, 0.2) is 29.3 Å². The summed E-state index contributed by atoms with van der Waals surface area (Å²) in [7, 11) is 0. The van der Waals surface area contributed by atoms with Crippen molar-refractivity contribution in [1.29, 1.82) is 0 Å². The molecule has 1 aromatic rings. The Hall–Kier alpha value is -2.08. The van der Waals surface area contributed by atoms with Crippen LogP contribution in [0.1, 0.15) is 23.7 Å². The maximum absolute atomic E-state index is 11.7. The highest BCUT2D eigenvalue weighted by molar-refractivity contribution is 5.90. The summed E-state index contributed by atoms with van der Waals surface area (Å²) in [6.45, 7) is 5.21. The standard InChI is InChI=1S/C15H21N3O3/c1-2-9-21-14(19)12-3-5-13(6-4-12)17-15(16)18-7-10-20-11-8-18/h3-6H,2,7-11H2,1H3,(H2,16,17). The maximum atomic E-state index is 11.7. The van der Waals surface area contributed by atoms with Gasteiger partial charge < -0.3 is 20.1 Å². The lowest BCUT2D eigenvalue weighted by Crippen LogP contribution is -2.44. The number of carbonyl (C=O) groups excluding carboxylic acids is 1. The van der Waals surface area contributed by atoms with Crippen LogP contribution in [0.25, 0.3) is 0 Å². The zero-order valence-electron chi connectivity index (χ0n) is 12.2. The van der Waals surface area contributed by atoms with Crippen molar-refractivity contribution in [3.05, 3.63) is 29.8 Å². The molecule has 0 amide bonds. The summed E-state index contributed by atoms with van der Waals surface area (Å²) in [5.41, 5.74) is 7.21. The summed E-state index contributed by atoms with van der Waals surface area (Å²) < 4.78 is 10.3. The van der Waals surface area contributed by atoms with Crippen LogP contribution in [0.4, 0.5) is 5.69 Å². The van der Waals surface area contributed by atoms with E-state index in [-0.39, 0.29) is 5.97 Å². The number of morpholine rings is 1. The third-order valence-electron chi connectivity index (χ3n) is 3.12. The summed E-state index contributed by atoms with van der Waals surface area (Å²) >= 11 is 0. The van der Waals surface area contributed by atoms with Gasteiger partial charge in [-0.1, -0.05) is 6.92 Å². The summed E-state index contributed by atoms with van der Waals surface area (Å²) in [6.07, 6.45) is 0.810. The molecule has 1 aliphatic heterocycles. The molecular formula is C15H21N3O3. The van der Waals surface area contributed by atoms with Crippen LogP contribution in [0.3, 0.4) is 0 Å². The molecule has 0 radical (unpaired) electrons. The first kappa shape index (κ1) is 15.3. The first-order valence-corrected chi connectivity index (χ1v) is 7.14. The molecule has 1 aromatic carbocycles. The monoisotopic (exact) mass is 291 g/mol. The highest BCUT2D eigenvalue weighted by atomic mass is 16.5. The molecule has 1 aliphatic rings. The predicted molar refractivity (Wildman–Crippen MR) is 80.7 cm³/mol. The Balaban J connectivity index is 1.99. The predicted octanol–water partition coefficient (Wildman–Crippen LogP) is 1.53. The number of esters is 1. The summed E-state index contributed by atoms with van der Waals surface area (Å²) in [5.74, 6) is 0.160. The Bertz CT molecular complexity index is 493. The molecule has 6 nitrogen and oxygen atoms in total. The number of guanidine groups is 1. The maximum Gasteiger partial charge on any atom is 0.338 e. The van der Waals surface area contributed by atoms with Crippen molar-refractivity contribution in [2.45, 2.75) is 13.3 Å².